The summed E-state index contributed by atoms with van der Waals surface area (Å²) in [4.78, 5) is 52.4. The quantitative estimate of drug-likeness (QED) is 0.0605. The molecule has 0 unspecified atom stereocenters. The number of benzene rings is 6. The van der Waals surface area contributed by atoms with E-state index in [0.29, 0.717) is 50.4 Å². The van der Waals surface area contributed by atoms with Crippen molar-refractivity contribution in [1.29, 1.82) is 0 Å². The van der Waals surface area contributed by atoms with Gasteiger partial charge in [-0.15, -0.1) is 0 Å². The van der Waals surface area contributed by atoms with Crippen LogP contribution in [0.15, 0.2) is 155 Å². The van der Waals surface area contributed by atoms with Gasteiger partial charge in [-0.25, -0.2) is 35.1 Å². The zero-order valence-corrected chi connectivity index (χ0v) is 43.3. The molecule has 0 bridgehead atoms. The molecule has 2 aliphatic rings. The lowest BCUT2D eigenvalue weighted by molar-refractivity contribution is -0.121. The van der Waals surface area contributed by atoms with E-state index >= 15 is 0 Å². The molecule has 2 fully saturated rings. The molecule has 400 valence electrons. The van der Waals surface area contributed by atoms with Crippen molar-refractivity contribution < 1.29 is 63.7 Å². The molecule has 6 aromatic rings. The van der Waals surface area contributed by atoms with E-state index in [2.05, 4.69) is 20.1 Å². The number of carbonyl (C=O) groups is 4. The number of amides is 2. The predicted molar refractivity (Wildman–Crippen MR) is 278 cm³/mol. The number of halogens is 2. The Morgan fingerprint density at radius 3 is 1.22 bits per heavy atom. The third kappa shape index (κ3) is 15.9. The first-order chi connectivity index (χ1) is 36.5. The Kier molecular flexibility index (Phi) is 19.7. The highest BCUT2D eigenvalue weighted by atomic mass is 32.2. The first kappa shape index (κ1) is 56.5. The van der Waals surface area contributed by atoms with Crippen LogP contribution in [-0.2, 0) is 64.8 Å². The third-order valence-corrected chi connectivity index (χ3v) is 15.6. The molecular weight excluding hydrogens is 1020 g/mol. The Bertz CT molecular complexity index is 2960. The summed E-state index contributed by atoms with van der Waals surface area (Å²) in [6.45, 7) is 1.60. The van der Waals surface area contributed by atoms with Crippen molar-refractivity contribution in [2.24, 2.45) is 0 Å². The molecule has 2 amide bonds. The fourth-order valence-corrected chi connectivity index (χ4v) is 11.2. The van der Waals surface area contributed by atoms with Gasteiger partial charge >= 0.3 is 0 Å². The highest BCUT2D eigenvalue weighted by molar-refractivity contribution is 7.90. The average molecular weight is 1080 g/mol. The maximum Gasteiger partial charge on any atom is 0.251 e. The largest absolute Gasteiger partial charge is 0.495 e. The van der Waals surface area contributed by atoms with Crippen molar-refractivity contribution in [3.63, 3.8) is 0 Å². The second-order valence-electron chi connectivity index (χ2n) is 18.1. The standard InChI is InChI=1S/2C28H29FN2O6S/c2*1-36-26-17-20(7-12-27(26)38(34,35)31-23-13-14-37-18-23)16-25(32)24(15-19-5-3-2-4-6-19)30-28(33)21-8-10-22(29)11-9-21/h2*2-12,17,23-24,31H,13-16,18H2,1H3,(H,30,33)/t23-,24+;23-,24-/m10/s1. The van der Waals surface area contributed by atoms with Crippen LogP contribution < -0.4 is 29.6 Å². The fraction of sp³-hybridized carbons (Fsp3) is 0.286. The molecular formula is C56H58F2N4O12S2. The minimum atomic E-state index is -3.86. The molecule has 6 aromatic carbocycles. The summed E-state index contributed by atoms with van der Waals surface area (Å²) < 4.78 is 105. The van der Waals surface area contributed by atoms with E-state index in [1.165, 1.54) is 87.0 Å². The predicted octanol–water partition coefficient (Wildman–Crippen LogP) is 6.11. The molecule has 0 spiro atoms. The second kappa shape index (κ2) is 26.5. The summed E-state index contributed by atoms with van der Waals surface area (Å²) in [6.07, 6.45) is 1.54. The van der Waals surface area contributed by atoms with E-state index in [9.17, 15) is 44.8 Å². The fourth-order valence-electron chi connectivity index (χ4n) is 8.43. The number of carbonyl (C=O) groups excluding carboxylic acids is 4. The number of hydrogen-bond acceptors (Lipinski definition) is 12. The van der Waals surface area contributed by atoms with Gasteiger partial charge in [0.2, 0.25) is 20.0 Å². The van der Waals surface area contributed by atoms with Gasteiger partial charge in [0.05, 0.1) is 39.5 Å². The first-order valence-corrected chi connectivity index (χ1v) is 27.3. The highest BCUT2D eigenvalue weighted by Gasteiger charge is 2.30. The van der Waals surface area contributed by atoms with Gasteiger partial charge in [-0.1, -0.05) is 72.8 Å². The summed E-state index contributed by atoms with van der Waals surface area (Å²) in [7, 11) is -5.00. The molecule has 2 saturated heterocycles. The van der Waals surface area contributed by atoms with Gasteiger partial charge in [-0.05, 0) is 121 Å². The Morgan fingerprint density at radius 2 is 0.895 bits per heavy atom. The lowest BCUT2D eigenvalue weighted by atomic mass is 9.97. The van der Waals surface area contributed by atoms with Crippen LogP contribution in [0.2, 0.25) is 0 Å². The number of rotatable bonds is 22. The number of Topliss-reactive ketones (excluding diaryl/α,β-unsaturated/α-hetero) is 2. The summed E-state index contributed by atoms with van der Waals surface area (Å²) in [5.41, 5.74) is 3.23. The average Bonchev–Trinajstić information content (AvgIpc) is 4.14. The second-order valence-corrected chi connectivity index (χ2v) is 21.4. The zero-order chi connectivity index (χ0) is 54.2. The Labute approximate surface area is 440 Å². The highest BCUT2D eigenvalue weighted by Crippen LogP contribution is 2.28. The number of methoxy groups -OCH3 is 2. The van der Waals surface area contributed by atoms with Crippen molar-refractivity contribution >= 4 is 43.4 Å². The first-order valence-electron chi connectivity index (χ1n) is 24.3. The van der Waals surface area contributed by atoms with Crippen LogP contribution in [-0.4, -0.2) is 105 Å². The van der Waals surface area contributed by atoms with Gasteiger partial charge in [0.1, 0.15) is 32.9 Å². The summed E-state index contributed by atoms with van der Waals surface area (Å²) in [5.74, 6) is -2.27. The minimum Gasteiger partial charge on any atom is -0.495 e. The summed E-state index contributed by atoms with van der Waals surface area (Å²) >= 11 is 0. The van der Waals surface area contributed by atoms with Crippen LogP contribution in [0.25, 0.3) is 0 Å². The molecule has 8 rings (SSSR count). The van der Waals surface area contributed by atoms with E-state index in [-0.39, 0.29) is 81.8 Å². The maximum absolute atomic E-state index is 13.4. The van der Waals surface area contributed by atoms with Crippen LogP contribution in [0.5, 0.6) is 11.5 Å². The third-order valence-electron chi connectivity index (χ3n) is 12.5. The van der Waals surface area contributed by atoms with Crippen molar-refractivity contribution in [3.05, 3.63) is 191 Å². The van der Waals surface area contributed by atoms with Crippen molar-refractivity contribution in [1.82, 2.24) is 20.1 Å². The molecule has 0 aromatic heterocycles. The minimum absolute atomic E-state index is 0.0338. The lowest BCUT2D eigenvalue weighted by Crippen LogP contribution is -2.43. The zero-order valence-electron chi connectivity index (χ0n) is 41.7. The van der Waals surface area contributed by atoms with E-state index in [1.807, 2.05) is 60.7 Å². The van der Waals surface area contributed by atoms with Crippen LogP contribution in [0.4, 0.5) is 8.78 Å². The van der Waals surface area contributed by atoms with E-state index in [1.54, 1.807) is 12.1 Å². The molecule has 2 aliphatic heterocycles. The van der Waals surface area contributed by atoms with Crippen LogP contribution in [0.1, 0.15) is 55.8 Å². The monoisotopic (exact) mass is 1080 g/mol. The van der Waals surface area contributed by atoms with E-state index in [0.717, 1.165) is 11.1 Å². The van der Waals surface area contributed by atoms with Gasteiger partial charge in [0.25, 0.3) is 11.8 Å². The van der Waals surface area contributed by atoms with Crippen molar-refractivity contribution in [2.75, 3.05) is 40.6 Å². The van der Waals surface area contributed by atoms with Crippen LogP contribution in [0, 0.1) is 11.6 Å². The van der Waals surface area contributed by atoms with Crippen molar-refractivity contribution in [3.8, 4) is 11.5 Å². The number of ketones is 2. The number of sulfonamides is 2. The summed E-state index contributed by atoms with van der Waals surface area (Å²) in [6, 6.07) is 35.2. The maximum atomic E-state index is 13.4. The van der Waals surface area contributed by atoms with Gasteiger partial charge in [0, 0.05) is 49.3 Å². The molecule has 20 heteroatoms. The molecule has 16 nitrogen and oxygen atoms in total. The Hall–Kier alpha value is -7.20. The molecule has 0 aliphatic carbocycles. The number of nitrogens with one attached hydrogen (secondary N) is 4. The van der Waals surface area contributed by atoms with Gasteiger partial charge in [-0.2, -0.15) is 0 Å². The normalized spacial score (nSPS) is 16.1. The van der Waals surface area contributed by atoms with Gasteiger partial charge < -0.3 is 29.6 Å². The lowest BCUT2D eigenvalue weighted by Gasteiger charge is -2.19. The Balaban J connectivity index is 0.000000221. The molecule has 4 N–H and O–H groups in total. The molecule has 0 radical (unpaired) electrons. The number of hydrogen-bond donors (Lipinski definition) is 4. The molecule has 4 atom stereocenters. The smallest absolute Gasteiger partial charge is 0.251 e. The molecule has 2 heterocycles. The Morgan fingerprint density at radius 1 is 0.526 bits per heavy atom. The van der Waals surface area contributed by atoms with Crippen molar-refractivity contribution in [2.45, 2.75) is 72.5 Å². The van der Waals surface area contributed by atoms with Crippen LogP contribution in [0.3, 0.4) is 0 Å². The van der Waals surface area contributed by atoms with Gasteiger partial charge in [0.15, 0.2) is 11.6 Å². The molecule has 76 heavy (non-hydrogen) atoms. The number of ether oxygens (including phenoxy) is 4. The topological polar surface area (TPSA) is 222 Å². The van der Waals surface area contributed by atoms with Gasteiger partial charge in [-0.3, -0.25) is 19.2 Å². The SMILES string of the molecule is COc1cc(CC(=O)[C@H](Cc2ccccc2)NC(=O)c2ccc(F)cc2)ccc1S(=O)(=O)N[C@@H]1CCOC1.COc1cc(CC(=O)[C@H](Cc2ccccc2)NC(=O)c2ccc(F)cc2)ccc1S(=O)(=O)N[C@H]1CCOC1. The molecule has 0 saturated carbocycles. The summed E-state index contributed by atoms with van der Waals surface area (Å²) in [5, 5.41) is 5.53. The van der Waals surface area contributed by atoms with E-state index in [4.69, 9.17) is 18.9 Å². The van der Waals surface area contributed by atoms with E-state index < -0.39 is 55.6 Å². The van der Waals surface area contributed by atoms with Crippen LogP contribution >= 0.6 is 0 Å².